The number of allylic oxidation sites excluding steroid dienone is 1. The number of aliphatic imine (C=N–C) groups is 2. The summed E-state index contributed by atoms with van der Waals surface area (Å²) in [5.74, 6) is 0.668. The molecule has 4 rings (SSSR count). The summed E-state index contributed by atoms with van der Waals surface area (Å²) in [5.41, 5.74) is 8.28. The molecule has 0 amide bonds. The van der Waals surface area contributed by atoms with E-state index in [1.54, 1.807) is 11.3 Å². The molecule has 1 aromatic rings. The lowest BCUT2D eigenvalue weighted by Crippen LogP contribution is -2.51. The largest absolute Gasteiger partial charge is 0.381 e. The van der Waals surface area contributed by atoms with Crippen LogP contribution in [0.2, 0.25) is 0 Å². The second-order valence-corrected chi connectivity index (χ2v) is 7.14. The first kappa shape index (κ1) is 14.8. The van der Waals surface area contributed by atoms with Gasteiger partial charge in [0.25, 0.3) is 0 Å². The summed E-state index contributed by atoms with van der Waals surface area (Å²) >= 11 is 1.69. The first-order valence-corrected chi connectivity index (χ1v) is 8.94. The molecular formula is C16H21N5OS. The van der Waals surface area contributed by atoms with E-state index in [0.717, 1.165) is 43.2 Å². The highest BCUT2D eigenvalue weighted by Gasteiger charge is 2.39. The van der Waals surface area contributed by atoms with Crippen LogP contribution in [0.1, 0.15) is 31.2 Å². The van der Waals surface area contributed by atoms with Gasteiger partial charge in [-0.3, -0.25) is 0 Å². The summed E-state index contributed by atoms with van der Waals surface area (Å²) in [6.07, 6.45) is 7.14. The summed E-state index contributed by atoms with van der Waals surface area (Å²) in [6, 6.07) is 0.439. The molecule has 0 aliphatic carbocycles. The Bertz CT molecular complexity index is 660. The fraction of sp³-hybridized carbons (Fsp3) is 0.562. The summed E-state index contributed by atoms with van der Waals surface area (Å²) in [6.45, 7) is 3.68. The Kier molecular flexibility index (Phi) is 3.90. The summed E-state index contributed by atoms with van der Waals surface area (Å²) in [7, 11) is 0. The molecule has 1 aromatic heterocycles. The molecule has 3 aliphatic rings. The van der Waals surface area contributed by atoms with Crippen molar-refractivity contribution in [3.05, 3.63) is 22.8 Å². The van der Waals surface area contributed by atoms with Gasteiger partial charge in [-0.2, -0.15) is 0 Å². The Morgan fingerprint density at radius 1 is 1.35 bits per heavy atom. The number of hydrogen-bond acceptors (Lipinski definition) is 7. The third kappa shape index (κ3) is 2.79. The van der Waals surface area contributed by atoms with E-state index >= 15 is 0 Å². The Morgan fingerprint density at radius 2 is 2.17 bits per heavy atom. The van der Waals surface area contributed by atoms with E-state index in [1.165, 1.54) is 5.57 Å². The van der Waals surface area contributed by atoms with Crippen molar-refractivity contribution in [3.8, 4) is 0 Å². The van der Waals surface area contributed by atoms with E-state index in [2.05, 4.69) is 33.0 Å². The van der Waals surface area contributed by atoms with Gasteiger partial charge in [0.2, 0.25) is 5.96 Å². The summed E-state index contributed by atoms with van der Waals surface area (Å²) in [4.78, 5) is 16.0. The van der Waals surface area contributed by atoms with Crippen molar-refractivity contribution in [2.24, 2.45) is 21.6 Å². The predicted octanol–water partition coefficient (Wildman–Crippen LogP) is 2.10. The highest BCUT2D eigenvalue weighted by atomic mass is 32.1. The molecule has 2 unspecified atom stereocenters. The molecule has 4 heterocycles. The number of hydrogen-bond donors (Lipinski definition) is 1. The van der Waals surface area contributed by atoms with E-state index in [9.17, 15) is 0 Å². The van der Waals surface area contributed by atoms with Crippen LogP contribution >= 0.6 is 11.3 Å². The van der Waals surface area contributed by atoms with Gasteiger partial charge in [-0.15, -0.1) is 11.3 Å². The van der Waals surface area contributed by atoms with Crippen molar-refractivity contribution in [2.75, 3.05) is 13.2 Å². The van der Waals surface area contributed by atoms with Crippen LogP contribution in [0.4, 0.5) is 0 Å². The second-order valence-electron chi connectivity index (χ2n) is 6.25. The third-order valence-corrected chi connectivity index (χ3v) is 5.67. The van der Waals surface area contributed by atoms with Gasteiger partial charge in [-0.1, -0.05) is 0 Å². The van der Waals surface area contributed by atoms with Crippen LogP contribution in [-0.4, -0.2) is 47.0 Å². The topological polar surface area (TPSA) is 76.1 Å². The maximum atomic E-state index is 5.93. The SMILES string of the molecule is CC1=NC(N)=NC2C1CC(c1nccs1)=CN2C1CCOCC1. The van der Waals surface area contributed by atoms with Crippen molar-refractivity contribution in [2.45, 2.75) is 38.4 Å². The van der Waals surface area contributed by atoms with Crippen molar-refractivity contribution in [1.29, 1.82) is 0 Å². The average Bonchev–Trinajstić information content (AvgIpc) is 3.09. The smallest absolute Gasteiger partial charge is 0.217 e. The van der Waals surface area contributed by atoms with Crippen molar-refractivity contribution in [3.63, 3.8) is 0 Å². The van der Waals surface area contributed by atoms with Gasteiger partial charge >= 0.3 is 0 Å². The fourth-order valence-corrected chi connectivity index (χ4v) is 4.30. The summed E-state index contributed by atoms with van der Waals surface area (Å²) < 4.78 is 5.53. The number of nitrogens with zero attached hydrogens (tertiary/aromatic N) is 4. The molecule has 2 N–H and O–H groups in total. The lowest BCUT2D eigenvalue weighted by Gasteiger charge is -2.45. The average molecular weight is 331 g/mol. The van der Waals surface area contributed by atoms with Crippen LogP contribution in [0, 0.1) is 5.92 Å². The maximum absolute atomic E-state index is 5.93. The van der Waals surface area contributed by atoms with Crippen LogP contribution in [-0.2, 0) is 4.74 Å². The molecule has 0 radical (unpaired) electrons. The molecule has 1 saturated heterocycles. The summed E-state index contributed by atoms with van der Waals surface area (Å²) in [5, 5.41) is 3.12. The van der Waals surface area contributed by atoms with Gasteiger partial charge in [0.05, 0.1) is 0 Å². The number of fused-ring (bicyclic) bond motifs is 1. The molecule has 3 aliphatic heterocycles. The van der Waals surface area contributed by atoms with Crippen molar-refractivity contribution >= 4 is 28.6 Å². The molecule has 23 heavy (non-hydrogen) atoms. The molecule has 0 spiro atoms. The lowest BCUT2D eigenvalue weighted by atomic mass is 9.87. The molecule has 7 heteroatoms. The minimum absolute atomic E-state index is 0.0549. The fourth-order valence-electron chi connectivity index (χ4n) is 3.64. The standard InChI is InChI=1S/C16H21N5OS/c1-10-13-8-11(15-18-4-7-23-15)9-21(12-2-5-22-6-3-12)14(13)20-16(17)19-10/h4,7,9,12-14H,2-3,5-6,8H2,1H3,(H2,17,20). The van der Waals surface area contributed by atoms with Crippen LogP contribution < -0.4 is 5.73 Å². The van der Waals surface area contributed by atoms with Crippen molar-refractivity contribution in [1.82, 2.24) is 9.88 Å². The number of rotatable bonds is 2. The van der Waals surface area contributed by atoms with E-state index < -0.39 is 0 Å². The van der Waals surface area contributed by atoms with Crippen LogP contribution in [0.5, 0.6) is 0 Å². The number of thiazole rings is 1. The Morgan fingerprint density at radius 3 is 2.91 bits per heavy atom. The van der Waals surface area contributed by atoms with E-state index in [1.807, 2.05) is 11.6 Å². The number of nitrogens with two attached hydrogens (primary N) is 1. The second kappa shape index (κ2) is 6.05. The minimum atomic E-state index is 0.0549. The molecule has 0 saturated carbocycles. The van der Waals surface area contributed by atoms with E-state index in [4.69, 9.17) is 10.5 Å². The molecule has 1 fully saturated rings. The van der Waals surface area contributed by atoms with Gasteiger partial charge in [0, 0.05) is 54.2 Å². The Labute approximate surface area is 139 Å². The van der Waals surface area contributed by atoms with Gasteiger partial charge in [0.1, 0.15) is 11.2 Å². The molecule has 2 atom stereocenters. The zero-order chi connectivity index (χ0) is 15.8. The van der Waals surface area contributed by atoms with Crippen LogP contribution in [0.25, 0.3) is 5.57 Å². The minimum Gasteiger partial charge on any atom is -0.381 e. The molecule has 6 nitrogen and oxygen atoms in total. The first-order valence-electron chi connectivity index (χ1n) is 8.06. The molecule has 122 valence electrons. The van der Waals surface area contributed by atoms with E-state index in [0.29, 0.717) is 12.0 Å². The van der Waals surface area contributed by atoms with Gasteiger partial charge in [-0.25, -0.2) is 15.0 Å². The number of aromatic nitrogens is 1. The molecular weight excluding hydrogens is 310 g/mol. The van der Waals surface area contributed by atoms with Crippen LogP contribution in [0.3, 0.4) is 0 Å². The zero-order valence-corrected chi connectivity index (χ0v) is 14.0. The normalized spacial score (nSPS) is 28.7. The van der Waals surface area contributed by atoms with Crippen molar-refractivity contribution < 1.29 is 4.74 Å². The third-order valence-electron chi connectivity index (χ3n) is 4.82. The predicted molar refractivity (Wildman–Crippen MR) is 92.4 cm³/mol. The van der Waals surface area contributed by atoms with Gasteiger partial charge in [0.15, 0.2) is 0 Å². The maximum Gasteiger partial charge on any atom is 0.217 e. The zero-order valence-electron chi connectivity index (χ0n) is 13.2. The van der Waals surface area contributed by atoms with E-state index in [-0.39, 0.29) is 12.1 Å². The molecule has 0 aromatic carbocycles. The molecule has 0 bridgehead atoms. The highest BCUT2D eigenvalue weighted by molar-refractivity contribution is 7.10. The quantitative estimate of drug-likeness (QED) is 0.900. The van der Waals surface area contributed by atoms with Crippen LogP contribution in [0.15, 0.2) is 27.8 Å². The first-order chi connectivity index (χ1) is 11.2. The Balaban J connectivity index is 1.72. The van der Waals surface area contributed by atoms with Gasteiger partial charge < -0.3 is 15.4 Å². The monoisotopic (exact) mass is 331 g/mol. The number of ether oxygens (including phenoxy) is 1. The number of guanidine groups is 1. The Hall–Kier alpha value is -1.73. The lowest BCUT2D eigenvalue weighted by molar-refractivity contribution is 0.0313. The highest BCUT2D eigenvalue weighted by Crippen LogP contribution is 2.38. The van der Waals surface area contributed by atoms with Gasteiger partial charge in [-0.05, 0) is 26.2 Å².